The third kappa shape index (κ3) is 4.74. The third-order valence-corrected chi connectivity index (χ3v) is 1.71. The monoisotopic (exact) mass is 216 g/mol. The highest BCUT2D eigenvalue weighted by Gasteiger charge is 2.04. The lowest BCUT2D eigenvalue weighted by atomic mass is 10.2. The molecule has 0 heterocycles. The molecule has 0 saturated heterocycles. The highest BCUT2D eigenvalue weighted by Crippen LogP contribution is 2.16. The smallest absolute Gasteiger partial charge is 0.387 e. The van der Waals surface area contributed by atoms with Crippen LogP contribution < -0.4 is 4.74 Å². The van der Waals surface area contributed by atoms with Gasteiger partial charge in [-0.1, -0.05) is 12.1 Å². The van der Waals surface area contributed by atoms with E-state index in [4.69, 9.17) is 4.74 Å². The lowest BCUT2D eigenvalue weighted by Gasteiger charge is -2.09. The van der Waals surface area contributed by atoms with Crippen molar-refractivity contribution in [1.29, 1.82) is 0 Å². The molecule has 84 valence electrons. The number of benzene rings is 1. The molecule has 0 aromatic heterocycles. The first kappa shape index (κ1) is 11.9. The van der Waals surface area contributed by atoms with E-state index in [1.807, 2.05) is 13.8 Å². The molecule has 0 aliphatic carbocycles. The average molecular weight is 216 g/mol. The Hall–Kier alpha value is -1.16. The van der Waals surface area contributed by atoms with Gasteiger partial charge in [-0.2, -0.15) is 8.78 Å². The summed E-state index contributed by atoms with van der Waals surface area (Å²) in [6, 6.07) is 6.51. The lowest BCUT2D eigenvalue weighted by Crippen LogP contribution is -2.04. The minimum absolute atomic E-state index is 0.115. The van der Waals surface area contributed by atoms with Crippen molar-refractivity contribution in [2.24, 2.45) is 0 Å². The molecule has 0 aliphatic heterocycles. The van der Waals surface area contributed by atoms with Gasteiger partial charge in [0.2, 0.25) is 0 Å². The van der Waals surface area contributed by atoms with E-state index in [2.05, 4.69) is 4.74 Å². The Kier molecular flexibility index (Phi) is 4.49. The van der Waals surface area contributed by atoms with E-state index in [0.717, 1.165) is 5.56 Å². The second-order valence-corrected chi connectivity index (χ2v) is 3.39. The number of hydrogen-bond donors (Lipinski definition) is 0. The molecule has 1 rings (SSSR count). The van der Waals surface area contributed by atoms with E-state index in [0.29, 0.717) is 6.61 Å². The first-order valence-corrected chi connectivity index (χ1v) is 4.73. The van der Waals surface area contributed by atoms with E-state index in [1.165, 1.54) is 6.07 Å². The standard InChI is InChI=1S/C11H14F2O2/c1-8(2)14-7-9-4-3-5-10(6-9)15-11(12)13/h3-6,8,11H,7H2,1-2H3. The molecular weight excluding hydrogens is 202 g/mol. The molecule has 1 aromatic carbocycles. The molecule has 0 atom stereocenters. The van der Waals surface area contributed by atoms with Gasteiger partial charge in [-0.25, -0.2) is 0 Å². The summed E-state index contributed by atoms with van der Waals surface area (Å²) in [5.41, 5.74) is 0.821. The van der Waals surface area contributed by atoms with Gasteiger partial charge in [0, 0.05) is 0 Å². The molecule has 0 bridgehead atoms. The van der Waals surface area contributed by atoms with E-state index < -0.39 is 6.61 Å². The van der Waals surface area contributed by atoms with Gasteiger partial charge in [-0.15, -0.1) is 0 Å². The number of halogens is 2. The second-order valence-electron chi connectivity index (χ2n) is 3.39. The maximum Gasteiger partial charge on any atom is 0.387 e. The van der Waals surface area contributed by atoms with Gasteiger partial charge in [-0.05, 0) is 31.5 Å². The van der Waals surface area contributed by atoms with Crippen LogP contribution in [-0.2, 0) is 11.3 Å². The Morgan fingerprint density at radius 1 is 1.27 bits per heavy atom. The predicted octanol–water partition coefficient (Wildman–Crippen LogP) is 3.21. The summed E-state index contributed by atoms with van der Waals surface area (Å²) in [6.45, 7) is 1.45. The molecular formula is C11H14F2O2. The van der Waals surface area contributed by atoms with Crippen LogP contribution in [0.4, 0.5) is 8.78 Å². The van der Waals surface area contributed by atoms with E-state index in [9.17, 15) is 8.78 Å². The molecule has 2 nitrogen and oxygen atoms in total. The Balaban J connectivity index is 2.57. The van der Waals surface area contributed by atoms with Crippen LogP contribution in [0.3, 0.4) is 0 Å². The van der Waals surface area contributed by atoms with Crippen LogP contribution in [0.25, 0.3) is 0 Å². The molecule has 0 spiro atoms. The van der Waals surface area contributed by atoms with Crippen LogP contribution in [0.5, 0.6) is 5.75 Å². The quantitative estimate of drug-likeness (QED) is 0.752. The summed E-state index contributed by atoms with van der Waals surface area (Å²) >= 11 is 0. The molecule has 0 N–H and O–H groups in total. The molecule has 0 fully saturated rings. The van der Waals surface area contributed by atoms with Crippen LogP contribution >= 0.6 is 0 Å². The molecule has 1 aromatic rings. The predicted molar refractivity (Wildman–Crippen MR) is 53.0 cm³/mol. The Labute approximate surface area is 87.8 Å². The number of ether oxygens (including phenoxy) is 2. The van der Waals surface area contributed by atoms with Gasteiger partial charge in [0.05, 0.1) is 12.7 Å². The summed E-state index contributed by atoms with van der Waals surface area (Å²) in [4.78, 5) is 0. The molecule has 15 heavy (non-hydrogen) atoms. The van der Waals surface area contributed by atoms with Crippen molar-refractivity contribution in [3.8, 4) is 5.75 Å². The molecule has 0 amide bonds. The van der Waals surface area contributed by atoms with Gasteiger partial charge >= 0.3 is 6.61 Å². The summed E-state index contributed by atoms with van der Waals surface area (Å²) < 4.78 is 33.4. The SMILES string of the molecule is CC(C)OCc1cccc(OC(F)F)c1. The number of hydrogen-bond acceptors (Lipinski definition) is 2. The van der Waals surface area contributed by atoms with Crippen molar-refractivity contribution in [2.75, 3.05) is 0 Å². The topological polar surface area (TPSA) is 18.5 Å². The fraction of sp³-hybridized carbons (Fsp3) is 0.455. The summed E-state index contributed by atoms with van der Waals surface area (Å²) in [5.74, 6) is 0.162. The largest absolute Gasteiger partial charge is 0.435 e. The van der Waals surface area contributed by atoms with Gasteiger partial charge in [0.25, 0.3) is 0 Å². The second kappa shape index (κ2) is 5.66. The van der Waals surface area contributed by atoms with Gasteiger partial charge in [0.15, 0.2) is 0 Å². The summed E-state index contributed by atoms with van der Waals surface area (Å²) in [5, 5.41) is 0. The third-order valence-electron chi connectivity index (χ3n) is 1.71. The van der Waals surface area contributed by atoms with Crippen molar-refractivity contribution in [1.82, 2.24) is 0 Å². The Morgan fingerprint density at radius 2 is 2.00 bits per heavy atom. The van der Waals surface area contributed by atoms with Gasteiger partial charge in [-0.3, -0.25) is 0 Å². The molecule has 4 heteroatoms. The van der Waals surface area contributed by atoms with Crippen LogP contribution in [0.2, 0.25) is 0 Å². The van der Waals surface area contributed by atoms with Crippen molar-refractivity contribution >= 4 is 0 Å². The van der Waals surface area contributed by atoms with E-state index in [-0.39, 0.29) is 11.9 Å². The highest BCUT2D eigenvalue weighted by atomic mass is 19.3. The zero-order valence-electron chi connectivity index (χ0n) is 8.74. The van der Waals surface area contributed by atoms with Crippen LogP contribution in [-0.4, -0.2) is 12.7 Å². The van der Waals surface area contributed by atoms with Gasteiger partial charge in [0.1, 0.15) is 5.75 Å². The van der Waals surface area contributed by atoms with E-state index >= 15 is 0 Å². The fourth-order valence-electron chi connectivity index (χ4n) is 1.07. The lowest BCUT2D eigenvalue weighted by molar-refractivity contribution is -0.0500. The van der Waals surface area contributed by atoms with Crippen LogP contribution in [0, 0.1) is 0 Å². The zero-order chi connectivity index (χ0) is 11.3. The normalized spacial score (nSPS) is 11.1. The maximum atomic E-state index is 11.9. The average Bonchev–Trinajstić information content (AvgIpc) is 2.14. The van der Waals surface area contributed by atoms with E-state index in [1.54, 1.807) is 18.2 Å². The summed E-state index contributed by atoms with van der Waals surface area (Å²) in [6.07, 6.45) is 0.115. The molecule has 0 unspecified atom stereocenters. The van der Waals surface area contributed by atoms with Crippen molar-refractivity contribution in [3.63, 3.8) is 0 Å². The van der Waals surface area contributed by atoms with Crippen molar-refractivity contribution in [2.45, 2.75) is 33.2 Å². The van der Waals surface area contributed by atoms with Crippen LogP contribution in [0.15, 0.2) is 24.3 Å². The fourth-order valence-corrected chi connectivity index (χ4v) is 1.07. The maximum absolute atomic E-state index is 11.9. The number of alkyl halides is 2. The molecule has 0 aliphatic rings. The van der Waals surface area contributed by atoms with Gasteiger partial charge < -0.3 is 9.47 Å². The van der Waals surface area contributed by atoms with Crippen molar-refractivity contribution < 1.29 is 18.3 Å². The first-order valence-electron chi connectivity index (χ1n) is 4.73. The first-order chi connectivity index (χ1) is 7.08. The molecule has 0 saturated carbocycles. The zero-order valence-corrected chi connectivity index (χ0v) is 8.74. The minimum atomic E-state index is -2.79. The number of rotatable bonds is 5. The van der Waals surface area contributed by atoms with Crippen LogP contribution in [0.1, 0.15) is 19.4 Å². The Bertz CT molecular complexity index is 300. The highest BCUT2D eigenvalue weighted by molar-refractivity contribution is 5.28. The molecule has 0 radical (unpaired) electrons. The summed E-state index contributed by atoms with van der Waals surface area (Å²) in [7, 11) is 0. The minimum Gasteiger partial charge on any atom is -0.435 e. The Morgan fingerprint density at radius 3 is 2.60 bits per heavy atom. The van der Waals surface area contributed by atoms with Crippen molar-refractivity contribution in [3.05, 3.63) is 29.8 Å².